The molecule has 0 fully saturated rings. The number of nitrogens with zero attached hydrogens (tertiary/aromatic N) is 3. The number of nitro groups is 1. The van der Waals surface area contributed by atoms with Crippen LogP contribution in [0.3, 0.4) is 0 Å². The van der Waals surface area contributed by atoms with E-state index >= 15 is 0 Å². The van der Waals surface area contributed by atoms with E-state index in [1.807, 2.05) is 18.2 Å². The lowest BCUT2D eigenvalue weighted by Crippen LogP contribution is -2.37. The molecular weight excluding hydrogens is 294 g/mol. The van der Waals surface area contributed by atoms with Gasteiger partial charge in [-0.25, -0.2) is 0 Å². The number of aliphatic imine (C=N–C) groups is 1. The van der Waals surface area contributed by atoms with Crippen molar-refractivity contribution in [2.75, 3.05) is 13.6 Å². The molecule has 0 amide bonds. The van der Waals surface area contributed by atoms with E-state index in [1.165, 1.54) is 12.1 Å². The Bertz CT molecular complexity index is 656. The van der Waals surface area contributed by atoms with Crippen LogP contribution in [0.1, 0.15) is 11.3 Å². The number of hydrogen-bond acceptors (Lipinski definition) is 4. The first kappa shape index (κ1) is 16.4. The number of benzene rings is 1. The van der Waals surface area contributed by atoms with Gasteiger partial charge < -0.3 is 10.6 Å². The maximum absolute atomic E-state index is 10.6. The van der Waals surface area contributed by atoms with Crippen molar-refractivity contribution in [3.63, 3.8) is 0 Å². The summed E-state index contributed by atoms with van der Waals surface area (Å²) in [7, 11) is 1.70. The predicted molar refractivity (Wildman–Crippen MR) is 89.2 cm³/mol. The highest BCUT2D eigenvalue weighted by Gasteiger charge is 2.04. The molecule has 0 bridgehead atoms. The van der Waals surface area contributed by atoms with Gasteiger partial charge in [-0.1, -0.05) is 18.2 Å². The van der Waals surface area contributed by atoms with Crippen LogP contribution < -0.4 is 10.6 Å². The molecule has 23 heavy (non-hydrogen) atoms. The second-order valence-electron chi connectivity index (χ2n) is 4.85. The van der Waals surface area contributed by atoms with E-state index in [0.717, 1.165) is 24.2 Å². The van der Waals surface area contributed by atoms with Crippen LogP contribution in [0.5, 0.6) is 0 Å². The Morgan fingerprint density at radius 3 is 2.61 bits per heavy atom. The first-order valence-corrected chi connectivity index (χ1v) is 7.27. The maximum atomic E-state index is 10.6. The summed E-state index contributed by atoms with van der Waals surface area (Å²) >= 11 is 0. The first-order chi connectivity index (χ1) is 11.2. The summed E-state index contributed by atoms with van der Waals surface area (Å²) in [6, 6.07) is 12.3. The lowest BCUT2D eigenvalue weighted by molar-refractivity contribution is -0.384. The minimum absolute atomic E-state index is 0.0895. The number of rotatable bonds is 6. The van der Waals surface area contributed by atoms with Gasteiger partial charge in [0.1, 0.15) is 0 Å². The highest BCUT2D eigenvalue weighted by Crippen LogP contribution is 2.11. The highest BCUT2D eigenvalue weighted by molar-refractivity contribution is 5.79. The molecule has 2 aromatic rings. The minimum atomic E-state index is -0.407. The van der Waals surface area contributed by atoms with E-state index in [2.05, 4.69) is 20.6 Å². The van der Waals surface area contributed by atoms with Gasteiger partial charge in [-0.3, -0.25) is 20.1 Å². The van der Waals surface area contributed by atoms with Crippen molar-refractivity contribution in [1.29, 1.82) is 0 Å². The molecule has 120 valence electrons. The fourth-order valence-electron chi connectivity index (χ4n) is 2.00. The third kappa shape index (κ3) is 5.39. The predicted octanol–water partition coefficient (Wildman–Crippen LogP) is 1.90. The van der Waals surface area contributed by atoms with Crippen LogP contribution in [0, 0.1) is 10.1 Å². The second kappa shape index (κ2) is 8.47. The lowest BCUT2D eigenvalue weighted by atomic mass is 10.2. The summed E-state index contributed by atoms with van der Waals surface area (Å²) < 4.78 is 0. The number of nitro benzene ring substituents is 1. The normalized spacial score (nSPS) is 11.1. The van der Waals surface area contributed by atoms with Crippen molar-refractivity contribution in [1.82, 2.24) is 15.6 Å². The fraction of sp³-hybridized carbons (Fsp3) is 0.250. The Hall–Kier alpha value is -2.96. The van der Waals surface area contributed by atoms with Crippen molar-refractivity contribution in [3.8, 4) is 0 Å². The van der Waals surface area contributed by atoms with E-state index in [0.29, 0.717) is 12.5 Å². The zero-order valence-electron chi connectivity index (χ0n) is 12.9. The van der Waals surface area contributed by atoms with Gasteiger partial charge in [-0.2, -0.15) is 0 Å². The van der Waals surface area contributed by atoms with Gasteiger partial charge in [0, 0.05) is 50.6 Å². The molecule has 0 atom stereocenters. The van der Waals surface area contributed by atoms with E-state index in [-0.39, 0.29) is 5.69 Å². The van der Waals surface area contributed by atoms with E-state index < -0.39 is 4.92 Å². The Labute approximate surface area is 134 Å². The van der Waals surface area contributed by atoms with Gasteiger partial charge in [0.15, 0.2) is 5.96 Å². The molecule has 0 aliphatic carbocycles. The van der Waals surface area contributed by atoms with E-state index in [9.17, 15) is 10.1 Å². The summed E-state index contributed by atoms with van der Waals surface area (Å²) in [4.78, 5) is 18.6. The molecule has 2 N–H and O–H groups in total. The molecule has 0 aliphatic heterocycles. The van der Waals surface area contributed by atoms with E-state index in [1.54, 1.807) is 25.4 Å². The largest absolute Gasteiger partial charge is 0.356 e. The third-order valence-electron chi connectivity index (χ3n) is 3.23. The molecule has 0 unspecified atom stereocenters. The fourth-order valence-corrected chi connectivity index (χ4v) is 2.00. The Kier molecular flexibility index (Phi) is 6.05. The third-order valence-corrected chi connectivity index (χ3v) is 3.23. The van der Waals surface area contributed by atoms with Gasteiger partial charge in [-0.05, 0) is 17.7 Å². The monoisotopic (exact) mass is 313 g/mol. The average molecular weight is 313 g/mol. The maximum Gasteiger partial charge on any atom is 0.269 e. The van der Waals surface area contributed by atoms with Gasteiger partial charge in [0.25, 0.3) is 5.69 Å². The molecule has 0 saturated heterocycles. The van der Waals surface area contributed by atoms with E-state index in [4.69, 9.17) is 0 Å². The smallest absolute Gasteiger partial charge is 0.269 e. The number of nitrogens with one attached hydrogen (secondary N) is 2. The zero-order chi connectivity index (χ0) is 16.5. The zero-order valence-corrected chi connectivity index (χ0v) is 12.9. The molecule has 0 spiro atoms. The van der Waals surface area contributed by atoms with Crippen LogP contribution in [0.15, 0.2) is 53.7 Å². The SMILES string of the molecule is CN=C(NCCc1ccccn1)NCc1ccc([N+](=O)[O-])cc1. The molecule has 7 heteroatoms. The van der Waals surface area contributed by atoms with Crippen molar-refractivity contribution in [2.45, 2.75) is 13.0 Å². The van der Waals surface area contributed by atoms with Gasteiger partial charge in [-0.15, -0.1) is 0 Å². The van der Waals surface area contributed by atoms with Crippen LogP contribution in [-0.4, -0.2) is 29.5 Å². The second-order valence-corrected chi connectivity index (χ2v) is 4.85. The number of guanidine groups is 1. The molecule has 1 aromatic heterocycles. The summed E-state index contributed by atoms with van der Waals surface area (Å²) in [5.74, 6) is 0.680. The van der Waals surface area contributed by atoms with Crippen molar-refractivity contribution in [3.05, 3.63) is 70.0 Å². The topological polar surface area (TPSA) is 92.5 Å². The summed E-state index contributed by atoms with van der Waals surface area (Å²) in [6.07, 6.45) is 2.58. The lowest BCUT2D eigenvalue weighted by Gasteiger charge is -2.11. The Morgan fingerprint density at radius 2 is 2.00 bits per heavy atom. The number of non-ortho nitro benzene ring substituents is 1. The average Bonchev–Trinajstić information content (AvgIpc) is 2.59. The molecule has 0 aliphatic rings. The number of aromatic nitrogens is 1. The van der Waals surface area contributed by atoms with Crippen LogP contribution in [-0.2, 0) is 13.0 Å². The van der Waals surface area contributed by atoms with Gasteiger partial charge in [0.2, 0.25) is 0 Å². The number of pyridine rings is 1. The molecular formula is C16H19N5O2. The number of hydrogen-bond donors (Lipinski definition) is 2. The summed E-state index contributed by atoms with van der Waals surface area (Å²) in [5.41, 5.74) is 2.06. The van der Waals surface area contributed by atoms with Gasteiger partial charge >= 0.3 is 0 Å². The Balaban J connectivity index is 1.77. The molecule has 0 radical (unpaired) electrons. The van der Waals surface area contributed by atoms with Crippen LogP contribution in [0.2, 0.25) is 0 Å². The molecule has 0 saturated carbocycles. The quantitative estimate of drug-likeness (QED) is 0.368. The van der Waals surface area contributed by atoms with Crippen molar-refractivity contribution in [2.24, 2.45) is 4.99 Å². The van der Waals surface area contributed by atoms with Crippen molar-refractivity contribution >= 4 is 11.6 Å². The van der Waals surface area contributed by atoms with Crippen LogP contribution in [0.4, 0.5) is 5.69 Å². The van der Waals surface area contributed by atoms with Crippen LogP contribution in [0.25, 0.3) is 0 Å². The first-order valence-electron chi connectivity index (χ1n) is 7.27. The van der Waals surface area contributed by atoms with Crippen LogP contribution >= 0.6 is 0 Å². The molecule has 7 nitrogen and oxygen atoms in total. The Morgan fingerprint density at radius 1 is 1.22 bits per heavy atom. The standard InChI is InChI=1S/C16H19N5O2/c1-17-16(19-11-9-14-4-2-3-10-18-14)20-12-13-5-7-15(8-6-13)21(22)23/h2-8,10H,9,11-12H2,1H3,(H2,17,19,20). The summed E-state index contributed by atoms with van der Waals surface area (Å²) in [5, 5.41) is 17.0. The molecule has 1 aromatic carbocycles. The highest BCUT2D eigenvalue weighted by atomic mass is 16.6. The molecule has 2 rings (SSSR count). The summed E-state index contributed by atoms with van der Waals surface area (Å²) in [6.45, 7) is 1.26. The molecule has 1 heterocycles. The van der Waals surface area contributed by atoms with Gasteiger partial charge in [0.05, 0.1) is 4.92 Å². The minimum Gasteiger partial charge on any atom is -0.356 e. The van der Waals surface area contributed by atoms with Crippen molar-refractivity contribution < 1.29 is 4.92 Å².